The number of nitrogens with zero attached hydrogens (tertiary/aromatic N) is 1. The van der Waals surface area contributed by atoms with E-state index in [9.17, 15) is 8.42 Å². The van der Waals surface area contributed by atoms with Crippen LogP contribution < -0.4 is 5.32 Å². The van der Waals surface area contributed by atoms with Gasteiger partial charge in [0.25, 0.3) is 0 Å². The quantitative estimate of drug-likeness (QED) is 0.841. The zero-order valence-electron chi connectivity index (χ0n) is 12.1. The molecule has 0 aromatic heterocycles. The maximum absolute atomic E-state index is 12.6. The molecule has 1 aliphatic carbocycles. The monoisotopic (exact) mass is 288 g/mol. The molecule has 0 aromatic rings. The first kappa shape index (κ1) is 15.3. The van der Waals surface area contributed by atoms with E-state index in [1.54, 1.807) is 4.31 Å². The Morgan fingerprint density at radius 1 is 1.11 bits per heavy atom. The van der Waals surface area contributed by atoms with E-state index in [4.69, 9.17) is 0 Å². The molecule has 0 amide bonds. The van der Waals surface area contributed by atoms with E-state index in [0.717, 1.165) is 38.8 Å². The maximum atomic E-state index is 12.6. The largest absolute Gasteiger partial charge is 0.316 e. The van der Waals surface area contributed by atoms with Gasteiger partial charge in [0.15, 0.2) is 0 Å². The van der Waals surface area contributed by atoms with Gasteiger partial charge in [0.05, 0.1) is 5.75 Å². The molecule has 1 atom stereocenters. The Labute approximate surface area is 118 Å². The molecule has 1 saturated heterocycles. The van der Waals surface area contributed by atoms with Gasteiger partial charge in [-0.1, -0.05) is 26.2 Å². The summed E-state index contributed by atoms with van der Waals surface area (Å²) in [6.45, 7) is 4.51. The third-order valence-electron chi connectivity index (χ3n) is 4.50. The summed E-state index contributed by atoms with van der Waals surface area (Å²) in [5.41, 5.74) is 0. The number of rotatable bonds is 5. The summed E-state index contributed by atoms with van der Waals surface area (Å²) in [5, 5.41) is 3.31. The zero-order chi connectivity index (χ0) is 13.7. The van der Waals surface area contributed by atoms with Crippen LogP contribution >= 0.6 is 0 Å². The highest BCUT2D eigenvalue weighted by Gasteiger charge is 2.31. The fourth-order valence-corrected chi connectivity index (χ4v) is 5.64. The van der Waals surface area contributed by atoms with Crippen molar-refractivity contribution in [2.24, 2.45) is 5.92 Å². The van der Waals surface area contributed by atoms with Gasteiger partial charge in [0.1, 0.15) is 0 Å². The summed E-state index contributed by atoms with van der Waals surface area (Å²) in [6, 6.07) is 0.264. The lowest BCUT2D eigenvalue weighted by Gasteiger charge is -2.34. The second-order valence-electron chi connectivity index (χ2n) is 5.99. The second kappa shape index (κ2) is 7.04. The van der Waals surface area contributed by atoms with Gasteiger partial charge in [-0.2, -0.15) is 4.31 Å². The highest BCUT2D eigenvalue weighted by Crippen LogP contribution is 2.26. The van der Waals surface area contributed by atoms with Crippen molar-refractivity contribution in [1.82, 2.24) is 9.62 Å². The van der Waals surface area contributed by atoms with Gasteiger partial charge in [-0.3, -0.25) is 0 Å². The van der Waals surface area contributed by atoms with Gasteiger partial charge < -0.3 is 5.32 Å². The fourth-order valence-electron chi connectivity index (χ4n) is 3.51. The lowest BCUT2D eigenvalue weighted by molar-refractivity contribution is 0.258. The van der Waals surface area contributed by atoms with Gasteiger partial charge in [-0.05, 0) is 44.7 Å². The van der Waals surface area contributed by atoms with E-state index in [2.05, 4.69) is 5.32 Å². The van der Waals surface area contributed by atoms with Gasteiger partial charge in [0, 0.05) is 12.6 Å². The van der Waals surface area contributed by atoms with E-state index < -0.39 is 10.0 Å². The molecule has 2 aliphatic rings. The van der Waals surface area contributed by atoms with E-state index in [1.165, 1.54) is 19.3 Å². The van der Waals surface area contributed by atoms with Crippen LogP contribution in [0.4, 0.5) is 0 Å². The van der Waals surface area contributed by atoms with Crippen molar-refractivity contribution in [3.63, 3.8) is 0 Å². The molecule has 0 aromatic carbocycles. The summed E-state index contributed by atoms with van der Waals surface area (Å²) in [4.78, 5) is 0. The minimum Gasteiger partial charge on any atom is -0.316 e. The Morgan fingerprint density at radius 2 is 1.84 bits per heavy atom. The first-order valence-electron chi connectivity index (χ1n) is 7.83. The lowest BCUT2D eigenvalue weighted by Crippen LogP contribution is -2.45. The molecule has 0 spiro atoms. The Bertz CT molecular complexity index is 358. The van der Waals surface area contributed by atoms with Crippen molar-refractivity contribution in [2.45, 2.75) is 57.9 Å². The molecular formula is C14H28N2O2S. The van der Waals surface area contributed by atoms with E-state index in [0.29, 0.717) is 18.2 Å². The molecule has 1 unspecified atom stereocenters. The summed E-state index contributed by atoms with van der Waals surface area (Å²) >= 11 is 0. The van der Waals surface area contributed by atoms with Crippen molar-refractivity contribution in [2.75, 3.05) is 25.4 Å². The minimum atomic E-state index is -3.08. The van der Waals surface area contributed by atoms with Crippen LogP contribution in [0.1, 0.15) is 51.9 Å². The molecule has 1 saturated carbocycles. The Hall–Kier alpha value is -0.130. The number of hydrogen-bond acceptors (Lipinski definition) is 3. The van der Waals surface area contributed by atoms with Gasteiger partial charge in [0.2, 0.25) is 10.0 Å². The number of sulfonamides is 1. The average molecular weight is 288 g/mol. The van der Waals surface area contributed by atoms with Crippen molar-refractivity contribution >= 4 is 10.0 Å². The van der Waals surface area contributed by atoms with Crippen LogP contribution in [0, 0.1) is 5.92 Å². The first-order valence-corrected chi connectivity index (χ1v) is 9.44. The van der Waals surface area contributed by atoms with Gasteiger partial charge >= 0.3 is 0 Å². The molecule has 0 bridgehead atoms. The first-order chi connectivity index (χ1) is 9.13. The molecule has 19 heavy (non-hydrogen) atoms. The van der Waals surface area contributed by atoms with E-state index in [-0.39, 0.29) is 6.04 Å². The normalized spacial score (nSPS) is 26.7. The Morgan fingerprint density at radius 3 is 2.42 bits per heavy atom. The van der Waals surface area contributed by atoms with Crippen LogP contribution in [0.3, 0.4) is 0 Å². The van der Waals surface area contributed by atoms with Gasteiger partial charge in [-0.15, -0.1) is 0 Å². The third kappa shape index (κ3) is 4.17. The molecule has 0 radical (unpaired) electrons. The predicted molar refractivity (Wildman–Crippen MR) is 78.6 cm³/mol. The lowest BCUT2D eigenvalue weighted by atomic mass is 9.95. The molecule has 2 rings (SSSR count). The van der Waals surface area contributed by atoms with Crippen LogP contribution in [0.2, 0.25) is 0 Å². The second-order valence-corrected chi connectivity index (χ2v) is 7.95. The Kier molecular flexibility index (Phi) is 5.66. The molecule has 5 heteroatoms. The van der Waals surface area contributed by atoms with Crippen molar-refractivity contribution in [3.8, 4) is 0 Å². The van der Waals surface area contributed by atoms with Crippen LogP contribution in [-0.2, 0) is 10.0 Å². The van der Waals surface area contributed by atoms with Crippen LogP contribution in [0.15, 0.2) is 0 Å². The highest BCUT2D eigenvalue weighted by molar-refractivity contribution is 7.89. The molecule has 1 heterocycles. The van der Waals surface area contributed by atoms with Crippen LogP contribution in [0.25, 0.3) is 0 Å². The highest BCUT2D eigenvalue weighted by atomic mass is 32.2. The SMILES string of the molecule is CCN(C1CCCCC1)S(=O)(=O)CC1CCCNC1. The summed E-state index contributed by atoms with van der Waals surface area (Å²) in [7, 11) is -3.08. The molecular weight excluding hydrogens is 260 g/mol. The van der Waals surface area contributed by atoms with Gasteiger partial charge in [-0.25, -0.2) is 8.42 Å². The van der Waals surface area contributed by atoms with Crippen LogP contribution in [-0.4, -0.2) is 44.2 Å². The van der Waals surface area contributed by atoms with Crippen molar-refractivity contribution < 1.29 is 8.42 Å². The van der Waals surface area contributed by atoms with Crippen LogP contribution in [0.5, 0.6) is 0 Å². The van der Waals surface area contributed by atoms with E-state index >= 15 is 0 Å². The minimum absolute atomic E-state index is 0.264. The van der Waals surface area contributed by atoms with Crippen molar-refractivity contribution in [1.29, 1.82) is 0 Å². The summed E-state index contributed by atoms with van der Waals surface area (Å²) < 4.78 is 27.0. The zero-order valence-corrected chi connectivity index (χ0v) is 12.9. The smallest absolute Gasteiger partial charge is 0.214 e. The summed E-state index contributed by atoms with van der Waals surface area (Å²) in [5.74, 6) is 0.640. The maximum Gasteiger partial charge on any atom is 0.214 e. The molecule has 1 aliphatic heterocycles. The summed E-state index contributed by atoms with van der Waals surface area (Å²) in [6.07, 6.45) is 7.89. The number of nitrogens with one attached hydrogen (secondary N) is 1. The topological polar surface area (TPSA) is 49.4 Å². The number of hydrogen-bond donors (Lipinski definition) is 1. The Balaban J connectivity index is 1.98. The third-order valence-corrected chi connectivity index (χ3v) is 6.66. The molecule has 1 N–H and O–H groups in total. The average Bonchev–Trinajstić information content (AvgIpc) is 2.41. The molecule has 2 fully saturated rings. The van der Waals surface area contributed by atoms with E-state index in [1.807, 2.05) is 6.92 Å². The molecule has 4 nitrogen and oxygen atoms in total. The standard InChI is InChI=1S/C14H28N2O2S/c1-2-16(14-8-4-3-5-9-14)19(17,18)12-13-7-6-10-15-11-13/h13-15H,2-12H2,1H3. The predicted octanol–water partition coefficient (Wildman–Crippen LogP) is 1.97. The number of piperidine rings is 1. The van der Waals surface area contributed by atoms with Crippen molar-refractivity contribution in [3.05, 3.63) is 0 Å². The fraction of sp³-hybridized carbons (Fsp3) is 1.00. The molecule has 112 valence electrons.